The third-order valence-corrected chi connectivity index (χ3v) is 5.93. The van der Waals surface area contributed by atoms with Gasteiger partial charge in [0.05, 0.1) is 32.3 Å². The lowest BCUT2D eigenvalue weighted by Crippen LogP contribution is -2.36. The van der Waals surface area contributed by atoms with Crippen molar-refractivity contribution in [1.82, 2.24) is 4.98 Å². The quantitative estimate of drug-likeness (QED) is 0.885. The van der Waals surface area contributed by atoms with Crippen molar-refractivity contribution < 1.29 is 19.0 Å². The van der Waals surface area contributed by atoms with E-state index in [1.165, 1.54) is 0 Å². The van der Waals surface area contributed by atoms with Crippen LogP contribution in [0.25, 0.3) is 0 Å². The van der Waals surface area contributed by atoms with Crippen molar-refractivity contribution in [1.29, 1.82) is 0 Å². The van der Waals surface area contributed by atoms with Crippen molar-refractivity contribution in [2.24, 2.45) is 0 Å². The third-order valence-electron chi connectivity index (χ3n) is 4.70. The van der Waals surface area contributed by atoms with Gasteiger partial charge in [0.2, 0.25) is 5.91 Å². The van der Waals surface area contributed by atoms with Crippen LogP contribution in [0.3, 0.4) is 0 Å². The molecule has 0 radical (unpaired) electrons. The molecular weight excluding hydrogens is 354 g/mol. The van der Waals surface area contributed by atoms with Gasteiger partial charge in [-0.2, -0.15) is 0 Å². The standard InChI is InChI=1S/C18H21N3O4S/c1-23-13-4-3-11(9-14(13)24-2)12-10-15(22)19-17-16(12)26-18(20-17)21-5-7-25-8-6-21/h3-4,9,12H,5-8,10H2,1-2H3,(H,19,22). The maximum absolute atomic E-state index is 12.2. The number of morpholine rings is 1. The minimum Gasteiger partial charge on any atom is -0.493 e. The molecule has 4 rings (SSSR count). The van der Waals surface area contributed by atoms with Crippen LogP contribution in [-0.2, 0) is 9.53 Å². The van der Waals surface area contributed by atoms with Gasteiger partial charge in [0.1, 0.15) is 5.82 Å². The molecule has 2 aromatic rings. The number of benzene rings is 1. The molecule has 1 aromatic heterocycles. The van der Waals surface area contributed by atoms with Crippen molar-refractivity contribution in [3.63, 3.8) is 0 Å². The molecule has 138 valence electrons. The monoisotopic (exact) mass is 375 g/mol. The summed E-state index contributed by atoms with van der Waals surface area (Å²) in [4.78, 5) is 20.2. The Hall–Kier alpha value is -2.32. The normalized spacial score (nSPS) is 19.7. The molecule has 1 amide bonds. The molecule has 8 heteroatoms. The fraction of sp³-hybridized carbons (Fsp3) is 0.444. The first-order valence-corrected chi connectivity index (χ1v) is 9.36. The molecule has 0 spiro atoms. The van der Waals surface area contributed by atoms with Crippen molar-refractivity contribution >= 4 is 28.2 Å². The van der Waals surface area contributed by atoms with Gasteiger partial charge >= 0.3 is 0 Å². The number of anilines is 2. The second-order valence-electron chi connectivity index (χ2n) is 6.23. The van der Waals surface area contributed by atoms with E-state index in [1.807, 2.05) is 18.2 Å². The maximum Gasteiger partial charge on any atom is 0.226 e. The molecule has 1 unspecified atom stereocenters. The van der Waals surface area contributed by atoms with Crippen molar-refractivity contribution in [3.8, 4) is 11.5 Å². The second kappa shape index (κ2) is 7.13. The van der Waals surface area contributed by atoms with Crippen molar-refractivity contribution in [3.05, 3.63) is 28.6 Å². The van der Waals surface area contributed by atoms with Gasteiger partial charge in [-0.25, -0.2) is 4.98 Å². The Morgan fingerprint density at radius 2 is 2.00 bits per heavy atom. The van der Waals surface area contributed by atoms with Crippen LogP contribution in [0, 0.1) is 0 Å². The van der Waals surface area contributed by atoms with E-state index in [4.69, 9.17) is 14.2 Å². The zero-order valence-electron chi connectivity index (χ0n) is 14.8. The number of nitrogens with zero attached hydrogens (tertiary/aromatic N) is 2. The maximum atomic E-state index is 12.2. The van der Waals surface area contributed by atoms with Crippen LogP contribution >= 0.6 is 11.3 Å². The molecule has 2 aliphatic rings. The number of hydrogen-bond acceptors (Lipinski definition) is 7. The number of nitrogens with one attached hydrogen (secondary N) is 1. The molecular formula is C18H21N3O4S. The van der Waals surface area contributed by atoms with Crippen LogP contribution in [0.1, 0.15) is 22.8 Å². The topological polar surface area (TPSA) is 72.9 Å². The second-order valence-corrected chi connectivity index (χ2v) is 7.24. The third kappa shape index (κ3) is 3.10. The summed E-state index contributed by atoms with van der Waals surface area (Å²) in [7, 11) is 3.23. The van der Waals surface area contributed by atoms with Gasteiger partial charge < -0.3 is 24.4 Å². The van der Waals surface area contributed by atoms with E-state index in [1.54, 1.807) is 25.6 Å². The predicted molar refractivity (Wildman–Crippen MR) is 99.8 cm³/mol. The van der Waals surface area contributed by atoms with Gasteiger partial charge in [0.25, 0.3) is 0 Å². The smallest absolute Gasteiger partial charge is 0.226 e. The summed E-state index contributed by atoms with van der Waals surface area (Å²) in [6.07, 6.45) is 0.396. The number of rotatable bonds is 4. The highest BCUT2D eigenvalue weighted by atomic mass is 32.1. The molecule has 1 atom stereocenters. The number of hydrogen-bond donors (Lipinski definition) is 1. The van der Waals surface area contributed by atoms with Gasteiger partial charge in [-0.3, -0.25) is 4.79 Å². The number of thiazole rings is 1. The number of amides is 1. The van der Waals surface area contributed by atoms with Gasteiger partial charge in [0, 0.05) is 25.4 Å². The summed E-state index contributed by atoms with van der Waals surface area (Å²) < 4.78 is 16.2. The SMILES string of the molecule is COc1ccc(C2CC(=O)Nc3nc(N4CCOCC4)sc32)cc1OC. The number of aromatic nitrogens is 1. The lowest BCUT2D eigenvalue weighted by atomic mass is 9.91. The van der Waals surface area contributed by atoms with Crippen LogP contribution in [0.2, 0.25) is 0 Å². The van der Waals surface area contributed by atoms with E-state index in [-0.39, 0.29) is 11.8 Å². The summed E-state index contributed by atoms with van der Waals surface area (Å²) in [5.74, 6) is 1.96. The van der Waals surface area contributed by atoms with E-state index < -0.39 is 0 Å². The number of fused-ring (bicyclic) bond motifs is 1. The van der Waals surface area contributed by atoms with Crippen molar-refractivity contribution in [2.45, 2.75) is 12.3 Å². The summed E-state index contributed by atoms with van der Waals surface area (Å²) in [5, 5.41) is 3.85. The lowest BCUT2D eigenvalue weighted by molar-refractivity contribution is -0.116. The highest BCUT2D eigenvalue weighted by molar-refractivity contribution is 7.16. The van der Waals surface area contributed by atoms with Crippen LogP contribution in [0.5, 0.6) is 11.5 Å². The van der Waals surface area contributed by atoms with Gasteiger partial charge in [-0.15, -0.1) is 0 Å². The Balaban J connectivity index is 1.70. The molecule has 1 fully saturated rings. The molecule has 26 heavy (non-hydrogen) atoms. The van der Waals surface area contributed by atoms with E-state index in [9.17, 15) is 4.79 Å². The summed E-state index contributed by atoms with van der Waals surface area (Å²) in [5.41, 5.74) is 1.02. The Morgan fingerprint density at radius 1 is 1.23 bits per heavy atom. The fourth-order valence-electron chi connectivity index (χ4n) is 3.34. The van der Waals surface area contributed by atoms with E-state index in [2.05, 4.69) is 15.2 Å². The predicted octanol–water partition coefficient (Wildman–Crippen LogP) is 2.47. The Labute approximate surface area is 155 Å². The molecule has 0 aliphatic carbocycles. The highest BCUT2D eigenvalue weighted by Gasteiger charge is 2.32. The van der Waals surface area contributed by atoms with Crippen molar-refractivity contribution in [2.75, 3.05) is 50.7 Å². The first-order chi connectivity index (χ1) is 12.7. The summed E-state index contributed by atoms with van der Waals surface area (Å²) >= 11 is 1.64. The molecule has 1 N–H and O–H groups in total. The first kappa shape index (κ1) is 17.1. The number of carbonyl (C=O) groups excluding carboxylic acids is 1. The number of ether oxygens (including phenoxy) is 3. The number of carbonyl (C=O) groups is 1. The van der Waals surface area contributed by atoms with Gasteiger partial charge in [-0.1, -0.05) is 17.4 Å². The minimum absolute atomic E-state index is 0.0175. The average molecular weight is 375 g/mol. The molecule has 3 heterocycles. The van der Waals surface area contributed by atoms with E-state index >= 15 is 0 Å². The zero-order valence-corrected chi connectivity index (χ0v) is 15.6. The average Bonchev–Trinajstić information content (AvgIpc) is 3.11. The van der Waals surface area contributed by atoms with Gasteiger partial charge in [-0.05, 0) is 17.7 Å². The minimum atomic E-state index is -0.0363. The Bertz CT molecular complexity index is 817. The lowest BCUT2D eigenvalue weighted by Gasteiger charge is -2.26. The van der Waals surface area contributed by atoms with Crippen LogP contribution < -0.4 is 19.7 Å². The van der Waals surface area contributed by atoms with Crippen LogP contribution in [0.15, 0.2) is 18.2 Å². The first-order valence-electron chi connectivity index (χ1n) is 8.54. The largest absolute Gasteiger partial charge is 0.493 e. The Morgan fingerprint density at radius 3 is 2.73 bits per heavy atom. The fourth-order valence-corrected chi connectivity index (χ4v) is 4.54. The van der Waals surface area contributed by atoms with E-state index in [0.29, 0.717) is 37.0 Å². The molecule has 7 nitrogen and oxygen atoms in total. The highest BCUT2D eigenvalue weighted by Crippen LogP contribution is 2.44. The summed E-state index contributed by atoms with van der Waals surface area (Å²) in [6.45, 7) is 3.05. The Kier molecular flexibility index (Phi) is 4.69. The van der Waals surface area contributed by atoms with Crippen LogP contribution in [0.4, 0.5) is 10.9 Å². The molecule has 1 aromatic carbocycles. The molecule has 0 saturated carbocycles. The molecule has 0 bridgehead atoms. The zero-order chi connectivity index (χ0) is 18.1. The van der Waals surface area contributed by atoms with Crippen LogP contribution in [-0.4, -0.2) is 51.4 Å². The van der Waals surface area contributed by atoms with E-state index in [0.717, 1.165) is 28.7 Å². The molecule has 1 saturated heterocycles. The number of methoxy groups -OCH3 is 2. The van der Waals surface area contributed by atoms with Gasteiger partial charge in [0.15, 0.2) is 16.6 Å². The summed E-state index contributed by atoms with van der Waals surface area (Å²) in [6, 6.07) is 5.81. The molecule has 2 aliphatic heterocycles.